The summed E-state index contributed by atoms with van der Waals surface area (Å²) in [5.74, 6) is 1.42. The lowest BCUT2D eigenvalue weighted by Crippen LogP contribution is -2.09. The molecule has 1 aromatic carbocycles. The lowest BCUT2D eigenvalue weighted by Gasteiger charge is -2.11. The van der Waals surface area contributed by atoms with Crippen LogP contribution in [0.4, 0.5) is 17.7 Å². The summed E-state index contributed by atoms with van der Waals surface area (Å²) in [5, 5.41) is 20.1. The molecule has 0 aliphatic heterocycles. The quantitative estimate of drug-likeness (QED) is 0.399. The summed E-state index contributed by atoms with van der Waals surface area (Å²) >= 11 is 6.28. The Morgan fingerprint density at radius 2 is 2.07 bits per heavy atom. The van der Waals surface area contributed by atoms with Crippen molar-refractivity contribution in [3.8, 4) is 11.1 Å². The molecule has 0 unspecified atom stereocenters. The lowest BCUT2D eigenvalue weighted by atomic mass is 10.1. The average molecular weight is 425 g/mol. The van der Waals surface area contributed by atoms with E-state index in [1.54, 1.807) is 21.6 Å². The number of aryl methyl sites for hydroxylation is 1. The lowest BCUT2D eigenvalue weighted by molar-refractivity contribution is 0.277. The van der Waals surface area contributed by atoms with Gasteiger partial charge >= 0.3 is 0 Å². The molecular weight excluding hydrogens is 404 g/mol. The maximum atomic E-state index is 9.14. The van der Waals surface area contributed by atoms with Crippen molar-refractivity contribution in [2.24, 2.45) is 7.05 Å². The molecule has 3 heterocycles. The van der Waals surface area contributed by atoms with Gasteiger partial charge in [-0.05, 0) is 17.2 Å². The van der Waals surface area contributed by atoms with Crippen LogP contribution in [0.1, 0.15) is 5.56 Å². The Kier molecular flexibility index (Phi) is 5.92. The predicted molar refractivity (Wildman–Crippen MR) is 116 cm³/mol. The second-order valence-corrected chi connectivity index (χ2v) is 7.05. The number of hydrogen-bond donors (Lipinski definition) is 3. The van der Waals surface area contributed by atoms with Gasteiger partial charge in [0.25, 0.3) is 0 Å². The van der Waals surface area contributed by atoms with Gasteiger partial charge in [0.05, 0.1) is 19.0 Å². The summed E-state index contributed by atoms with van der Waals surface area (Å²) in [4.78, 5) is 12.9. The average Bonchev–Trinajstić information content (AvgIpc) is 3.38. The topological polar surface area (TPSA) is 106 Å². The molecule has 3 aromatic heterocycles. The van der Waals surface area contributed by atoms with Crippen LogP contribution < -0.4 is 10.6 Å². The molecule has 10 heteroatoms. The van der Waals surface area contributed by atoms with Crippen LogP contribution in [0.15, 0.2) is 55.2 Å². The predicted octanol–water partition coefficient (Wildman–Crippen LogP) is 3.08. The molecule has 9 nitrogen and oxygen atoms in total. The van der Waals surface area contributed by atoms with Gasteiger partial charge in [0.1, 0.15) is 5.02 Å². The first kappa shape index (κ1) is 19.9. The summed E-state index contributed by atoms with van der Waals surface area (Å²) in [6.07, 6.45) is 8.76. The summed E-state index contributed by atoms with van der Waals surface area (Å²) < 4.78 is 3.55. The van der Waals surface area contributed by atoms with E-state index in [-0.39, 0.29) is 6.61 Å². The molecule has 0 aliphatic carbocycles. The number of imidazole rings is 1. The van der Waals surface area contributed by atoms with Crippen molar-refractivity contribution in [1.82, 2.24) is 29.3 Å². The van der Waals surface area contributed by atoms with Crippen LogP contribution >= 0.6 is 11.6 Å². The third-order valence-corrected chi connectivity index (χ3v) is 4.73. The van der Waals surface area contributed by atoms with E-state index in [4.69, 9.17) is 16.7 Å². The zero-order valence-corrected chi connectivity index (χ0v) is 17.1. The van der Waals surface area contributed by atoms with Gasteiger partial charge < -0.3 is 15.0 Å². The highest BCUT2D eigenvalue weighted by Crippen LogP contribution is 2.23. The highest BCUT2D eigenvalue weighted by atomic mass is 35.5. The van der Waals surface area contributed by atoms with Crippen molar-refractivity contribution in [2.75, 3.05) is 17.2 Å². The first-order valence-electron chi connectivity index (χ1n) is 9.36. The molecule has 3 N–H and O–H groups in total. The number of anilines is 3. The van der Waals surface area contributed by atoms with E-state index in [1.807, 2.05) is 31.6 Å². The molecule has 0 amide bonds. The Morgan fingerprint density at radius 3 is 2.87 bits per heavy atom. The summed E-state index contributed by atoms with van der Waals surface area (Å²) in [5.41, 5.74) is 3.23. The fourth-order valence-electron chi connectivity index (χ4n) is 2.99. The van der Waals surface area contributed by atoms with Gasteiger partial charge in [0, 0.05) is 44.3 Å². The van der Waals surface area contributed by atoms with Crippen molar-refractivity contribution < 1.29 is 5.11 Å². The van der Waals surface area contributed by atoms with Gasteiger partial charge in [-0.2, -0.15) is 10.1 Å². The standard InChI is InChI=1S/C20H21ClN8O/c1-28-13-16(11-25-28)15-4-2-3-14(9-15)10-23-18-17(21)12-24-19(26-18)27-20-22-5-6-29(20)7-8-30/h2-6,9,11-13,30H,7-8,10H2,1H3,(H2,22,23,24,26,27). The highest BCUT2D eigenvalue weighted by molar-refractivity contribution is 6.32. The largest absolute Gasteiger partial charge is 0.395 e. The van der Waals surface area contributed by atoms with Crippen molar-refractivity contribution in [1.29, 1.82) is 0 Å². The van der Waals surface area contributed by atoms with Gasteiger partial charge in [-0.15, -0.1) is 0 Å². The molecular formula is C20H21ClN8O. The summed E-state index contributed by atoms with van der Waals surface area (Å²) in [6, 6.07) is 8.19. The monoisotopic (exact) mass is 424 g/mol. The first-order chi connectivity index (χ1) is 14.6. The Hall–Kier alpha value is -3.43. The van der Waals surface area contributed by atoms with E-state index in [0.717, 1.165) is 16.7 Å². The van der Waals surface area contributed by atoms with Crippen LogP contribution in [0.25, 0.3) is 11.1 Å². The molecule has 0 saturated heterocycles. The van der Waals surface area contributed by atoms with E-state index in [2.05, 4.69) is 42.8 Å². The molecule has 30 heavy (non-hydrogen) atoms. The minimum atomic E-state index is 0.0113. The zero-order chi connectivity index (χ0) is 20.9. The smallest absolute Gasteiger partial charge is 0.231 e. The maximum Gasteiger partial charge on any atom is 0.231 e. The molecule has 0 radical (unpaired) electrons. The Bertz CT molecular complexity index is 1140. The number of aliphatic hydroxyl groups is 1. The van der Waals surface area contributed by atoms with Crippen molar-refractivity contribution in [2.45, 2.75) is 13.1 Å². The number of nitrogens with zero attached hydrogens (tertiary/aromatic N) is 6. The number of hydrogen-bond acceptors (Lipinski definition) is 7. The normalized spacial score (nSPS) is 10.9. The maximum absolute atomic E-state index is 9.14. The van der Waals surface area contributed by atoms with Gasteiger partial charge in [0.2, 0.25) is 11.9 Å². The number of aliphatic hydroxyl groups excluding tert-OH is 1. The van der Waals surface area contributed by atoms with Crippen LogP contribution in [0, 0.1) is 0 Å². The Balaban J connectivity index is 1.47. The summed E-state index contributed by atoms with van der Waals surface area (Å²) in [7, 11) is 1.90. The van der Waals surface area contributed by atoms with Gasteiger partial charge in [0.15, 0.2) is 5.82 Å². The molecule has 0 saturated carbocycles. The van der Waals surface area contributed by atoms with Crippen LogP contribution in [0.3, 0.4) is 0 Å². The van der Waals surface area contributed by atoms with Gasteiger partial charge in [-0.3, -0.25) is 10.00 Å². The third kappa shape index (κ3) is 4.58. The molecule has 0 atom stereocenters. The van der Waals surface area contributed by atoms with Crippen molar-refractivity contribution in [3.63, 3.8) is 0 Å². The second-order valence-electron chi connectivity index (χ2n) is 6.64. The van der Waals surface area contributed by atoms with E-state index in [0.29, 0.717) is 35.8 Å². The van der Waals surface area contributed by atoms with E-state index >= 15 is 0 Å². The molecule has 4 rings (SSSR count). The summed E-state index contributed by atoms with van der Waals surface area (Å²) in [6.45, 7) is 0.981. The van der Waals surface area contributed by atoms with Crippen molar-refractivity contribution >= 4 is 29.3 Å². The molecule has 0 aliphatic rings. The van der Waals surface area contributed by atoms with Crippen molar-refractivity contribution in [3.05, 3.63) is 65.8 Å². The fourth-order valence-corrected chi connectivity index (χ4v) is 3.15. The fraction of sp³-hybridized carbons (Fsp3) is 0.200. The zero-order valence-electron chi connectivity index (χ0n) is 16.3. The number of benzene rings is 1. The van der Waals surface area contributed by atoms with Gasteiger partial charge in [-0.25, -0.2) is 9.97 Å². The van der Waals surface area contributed by atoms with Crippen LogP contribution in [0.5, 0.6) is 0 Å². The number of nitrogens with one attached hydrogen (secondary N) is 2. The minimum Gasteiger partial charge on any atom is -0.395 e. The molecule has 154 valence electrons. The minimum absolute atomic E-state index is 0.0113. The van der Waals surface area contributed by atoms with Gasteiger partial charge in [-0.1, -0.05) is 29.8 Å². The molecule has 0 spiro atoms. The molecule has 0 bridgehead atoms. The number of rotatable bonds is 8. The Morgan fingerprint density at radius 1 is 1.17 bits per heavy atom. The van der Waals surface area contributed by atoms with E-state index < -0.39 is 0 Å². The first-order valence-corrected chi connectivity index (χ1v) is 9.73. The van der Waals surface area contributed by atoms with E-state index in [1.165, 1.54) is 6.20 Å². The second kappa shape index (κ2) is 8.93. The van der Waals surface area contributed by atoms with Crippen LogP contribution in [-0.4, -0.2) is 41.0 Å². The highest BCUT2D eigenvalue weighted by Gasteiger charge is 2.09. The number of aromatic nitrogens is 6. The van der Waals surface area contributed by atoms with Crippen LogP contribution in [0.2, 0.25) is 5.02 Å². The molecule has 0 fully saturated rings. The third-order valence-electron chi connectivity index (χ3n) is 4.45. The Labute approximate surface area is 178 Å². The SMILES string of the molecule is Cn1cc(-c2cccc(CNc3nc(Nc4nccn4CCO)ncc3Cl)c2)cn1. The molecule has 4 aromatic rings. The van der Waals surface area contributed by atoms with E-state index in [9.17, 15) is 0 Å². The number of halogens is 1. The van der Waals surface area contributed by atoms with Crippen LogP contribution in [-0.2, 0) is 20.1 Å².